The smallest absolute Gasteiger partial charge is 0.238 e. The standard InChI is InChI=1S/C12H18N2O4S/c1-7-5-11(19(14,16)17)8(2)4-10(7)18-6-9(3)12(13)15/h4-5,9H,6H2,1-3H3,(H2,13,15)(H2,14,16,17). The van der Waals surface area contributed by atoms with Gasteiger partial charge in [-0.05, 0) is 37.1 Å². The lowest BCUT2D eigenvalue weighted by atomic mass is 10.1. The van der Waals surface area contributed by atoms with Gasteiger partial charge >= 0.3 is 0 Å². The van der Waals surface area contributed by atoms with Gasteiger partial charge in [-0.1, -0.05) is 6.92 Å². The third-order valence-electron chi connectivity index (χ3n) is 2.75. The number of carbonyl (C=O) groups excluding carboxylic acids is 1. The van der Waals surface area contributed by atoms with Gasteiger partial charge in [0.25, 0.3) is 0 Å². The van der Waals surface area contributed by atoms with Crippen LogP contribution in [-0.4, -0.2) is 20.9 Å². The molecule has 0 aromatic heterocycles. The molecule has 0 radical (unpaired) electrons. The minimum absolute atomic E-state index is 0.0697. The predicted molar refractivity (Wildman–Crippen MR) is 71.1 cm³/mol. The number of primary amides is 1. The van der Waals surface area contributed by atoms with Crippen molar-refractivity contribution < 1.29 is 17.9 Å². The number of hydrogen-bond donors (Lipinski definition) is 2. The zero-order valence-corrected chi connectivity index (χ0v) is 12.0. The number of benzene rings is 1. The van der Waals surface area contributed by atoms with Crippen molar-refractivity contribution in [3.05, 3.63) is 23.3 Å². The van der Waals surface area contributed by atoms with E-state index in [0.717, 1.165) is 0 Å². The molecule has 0 saturated heterocycles. The Morgan fingerprint density at radius 1 is 1.32 bits per heavy atom. The summed E-state index contributed by atoms with van der Waals surface area (Å²) in [6.07, 6.45) is 0. The number of rotatable bonds is 5. The first-order chi connectivity index (χ1) is 8.62. The molecule has 1 aromatic carbocycles. The minimum Gasteiger partial charge on any atom is -0.492 e. The SMILES string of the molecule is Cc1cc(S(N)(=O)=O)c(C)cc1OCC(C)C(N)=O. The van der Waals surface area contributed by atoms with E-state index in [-0.39, 0.29) is 11.5 Å². The molecular weight excluding hydrogens is 268 g/mol. The number of aryl methyl sites for hydroxylation is 2. The molecule has 1 amide bonds. The van der Waals surface area contributed by atoms with E-state index in [1.54, 1.807) is 26.8 Å². The highest BCUT2D eigenvalue weighted by molar-refractivity contribution is 7.89. The molecule has 0 bridgehead atoms. The summed E-state index contributed by atoms with van der Waals surface area (Å²) in [4.78, 5) is 11.0. The molecule has 19 heavy (non-hydrogen) atoms. The van der Waals surface area contributed by atoms with Gasteiger partial charge < -0.3 is 10.5 Å². The van der Waals surface area contributed by atoms with Crippen molar-refractivity contribution in [2.75, 3.05) is 6.61 Å². The predicted octanol–water partition coefficient (Wildman–Crippen LogP) is 0.451. The molecule has 1 rings (SSSR count). The van der Waals surface area contributed by atoms with Crippen LogP contribution < -0.4 is 15.6 Å². The molecule has 1 atom stereocenters. The van der Waals surface area contributed by atoms with Crippen molar-refractivity contribution in [1.29, 1.82) is 0 Å². The summed E-state index contributed by atoms with van der Waals surface area (Å²) < 4.78 is 28.2. The first kappa shape index (κ1) is 15.5. The van der Waals surface area contributed by atoms with Crippen LogP contribution in [0.25, 0.3) is 0 Å². The summed E-state index contributed by atoms with van der Waals surface area (Å²) in [7, 11) is -3.75. The topological polar surface area (TPSA) is 112 Å². The Bertz CT molecular complexity index is 596. The highest BCUT2D eigenvalue weighted by Crippen LogP contribution is 2.25. The fourth-order valence-corrected chi connectivity index (χ4v) is 2.37. The Morgan fingerprint density at radius 3 is 2.37 bits per heavy atom. The van der Waals surface area contributed by atoms with Crippen LogP contribution in [0, 0.1) is 19.8 Å². The Balaban J connectivity index is 3.00. The largest absolute Gasteiger partial charge is 0.492 e. The monoisotopic (exact) mass is 286 g/mol. The summed E-state index contributed by atoms with van der Waals surface area (Å²) >= 11 is 0. The molecule has 1 aromatic rings. The van der Waals surface area contributed by atoms with E-state index in [2.05, 4.69) is 0 Å². The van der Waals surface area contributed by atoms with E-state index in [9.17, 15) is 13.2 Å². The van der Waals surface area contributed by atoms with Crippen molar-refractivity contribution in [1.82, 2.24) is 0 Å². The Morgan fingerprint density at radius 2 is 1.89 bits per heavy atom. The molecule has 7 heteroatoms. The number of carbonyl (C=O) groups is 1. The molecular formula is C12H18N2O4S. The summed E-state index contributed by atoms with van der Waals surface area (Å²) in [5.41, 5.74) is 6.26. The number of ether oxygens (including phenoxy) is 1. The third-order valence-corrected chi connectivity index (χ3v) is 3.81. The Kier molecular flexibility index (Phi) is 4.54. The van der Waals surface area contributed by atoms with Gasteiger partial charge in [0.1, 0.15) is 5.75 Å². The molecule has 0 heterocycles. The molecule has 0 fully saturated rings. The maximum Gasteiger partial charge on any atom is 0.238 e. The number of hydrogen-bond acceptors (Lipinski definition) is 4. The van der Waals surface area contributed by atoms with Gasteiger partial charge in [0.05, 0.1) is 17.4 Å². The fourth-order valence-electron chi connectivity index (χ4n) is 1.52. The van der Waals surface area contributed by atoms with Gasteiger partial charge in [-0.3, -0.25) is 4.79 Å². The van der Waals surface area contributed by atoms with E-state index in [0.29, 0.717) is 16.9 Å². The van der Waals surface area contributed by atoms with Gasteiger partial charge in [-0.25, -0.2) is 13.6 Å². The van der Waals surface area contributed by atoms with E-state index in [1.807, 2.05) is 0 Å². The molecule has 0 aliphatic rings. The van der Waals surface area contributed by atoms with Crippen LogP contribution in [0.5, 0.6) is 5.75 Å². The van der Waals surface area contributed by atoms with Crippen LogP contribution in [-0.2, 0) is 14.8 Å². The second-order valence-electron chi connectivity index (χ2n) is 4.54. The first-order valence-electron chi connectivity index (χ1n) is 5.69. The van der Waals surface area contributed by atoms with Crippen LogP contribution in [0.2, 0.25) is 0 Å². The molecule has 0 spiro atoms. The molecule has 6 nitrogen and oxygen atoms in total. The Labute approximate surface area is 112 Å². The molecule has 106 valence electrons. The van der Waals surface area contributed by atoms with Crippen LogP contribution in [0.3, 0.4) is 0 Å². The number of amides is 1. The second kappa shape index (κ2) is 5.58. The molecule has 0 saturated carbocycles. The minimum atomic E-state index is -3.75. The molecule has 1 unspecified atom stereocenters. The van der Waals surface area contributed by atoms with Crippen molar-refractivity contribution in [3.8, 4) is 5.75 Å². The van der Waals surface area contributed by atoms with E-state index in [4.69, 9.17) is 15.6 Å². The highest BCUT2D eigenvalue weighted by Gasteiger charge is 2.16. The number of nitrogens with two attached hydrogens (primary N) is 2. The Hall–Kier alpha value is -1.60. The fraction of sp³-hybridized carbons (Fsp3) is 0.417. The number of primary sulfonamides is 1. The summed E-state index contributed by atoms with van der Waals surface area (Å²) in [5.74, 6) is -0.355. The van der Waals surface area contributed by atoms with Crippen molar-refractivity contribution in [3.63, 3.8) is 0 Å². The van der Waals surface area contributed by atoms with E-state index < -0.39 is 21.8 Å². The quantitative estimate of drug-likeness (QED) is 0.818. The molecule has 0 aliphatic heterocycles. The van der Waals surface area contributed by atoms with Crippen LogP contribution >= 0.6 is 0 Å². The maximum atomic E-state index is 11.3. The van der Waals surface area contributed by atoms with Crippen molar-refractivity contribution in [2.24, 2.45) is 16.8 Å². The van der Waals surface area contributed by atoms with E-state index >= 15 is 0 Å². The van der Waals surface area contributed by atoms with E-state index in [1.165, 1.54) is 6.07 Å². The average molecular weight is 286 g/mol. The second-order valence-corrected chi connectivity index (χ2v) is 6.07. The normalized spacial score (nSPS) is 13.1. The van der Waals surface area contributed by atoms with Gasteiger partial charge in [0.15, 0.2) is 0 Å². The van der Waals surface area contributed by atoms with Crippen LogP contribution in [0.1, 0.15) is 18.1 Å². The zero-order chi connectivity index (χ0) is 14.8. The first-order valence-corrected chi connectivity index (χ1v) is 7.23. The van der Waals surface area contributed by atoms with Gasteiger partial charge in [0, 0.05) is 0 Å². The van der Waals surface area contributed by atoms with Crippen LogP contribution in [0.15, 0.2) is 17.0 Å². The van der Waals surface area contributed by atoms with Crippen molar-refractivity contribution >= 4 is 15.9 Å². The molecule has 0 aliphatic carbocycles. The lowest BCUT2D eigenvalue weighted by Gasteiger charge is -2.14. The maximum absolute atomic E-state index is 11.3. The average Bonchev–Trinajstić information content (AvgIpc) is 2.27. The third kappa shape index (κ3) is 3.93. The highest BCUT2D eigenvalue weighted by atomic mass is 32.2. The van der Waals surface area contributed by atoms with Gasteiger partial charge in [-0.2, -0.15) is 0 Å². The summed E-state index contributed by atoms with van der Waals surface area (Å²) in [6.45, 7) is 5.13. The number of sulfonamides is 1. The summed E-state index contributed by atoms with van der Waals surface area (Å²) in [5, 5.41) is 5.11. The zero-order valence-electron chi connectivity index (χ0n) is 11.1. The van der Waals surface area contributed by atoms with Gasteiger partial charge in [0.2, 0.25) is 15.9 Å². The lowest BCUT2D eigenvalue weighted by molar-refractivity contribution is -0.122. The summed E-state index contributed by atoms with van der Waals surface area (Å²) in [6, 6.07) is 3.04. The van der Waals surface area contributed by atoms with Crippen molar-refractivity contribution in [2.45, 2.75) is 25.7 Å². The van der Waals surface area contributed by atoms with Crippen LogP contribution in [0.4, 0.5) is 0 Å². The van der Waals surface area contributed by atoms with Gasteiger partial charge in [-0.15, -0.1) is 0 Å². The lowest BCUT2D eigenvalue weighted by Crippen LogP contribution is -2.26. The molecule has 4 N–H and O–H groups in total.